The van der Waals surface area contributed by atoms with Gasteiger partial charge in [-0.15, -0.1) is 0 Å². The molecule has 2 aromatic heterocycles. The SMILES string of the molecule is CCNCc1coc(Cn2ccnc2C)c1. The maximum atomic E-state index is 5.50. The molecule has 1 N–H and O–H groups in total. The highest BCUT2D eigenvalue weighted by atomic mass is 16.3. The van der Waals surface area contributed by atoms with Gasteiger partial charge >= 0.3 is 0 Å². The molecule has 0 aliphatic carbocycles. The Labute approximate surface area is 95.3 Å². The van der Waals surface area contributed by atoms with Crippen LogP contribution in [0.1, 0.15) is 24.1 Å². The Bertz CT molecular complexity index is 445. The second kappa shape index (κ2) is 4.99. The number of nitrogens with one attached hydrogen (secondary N) is 1. The number of nitrogens with zero attached hydrogens (tertiary/aromatic N) is 2. The molecule has 0 radical (unpaired) electrons. The average molecular weight is 219 g/mol. The number of aryl methyl sites for hydroxylation is 1. The Balaban J connectivity index is 2.00. The molecule has 16 heavy (non-hydrogen) atoms. The maximum Gasteiger partial charge on any atom is 0.123 e. The summed E-state index contributed by atoms with van der Waals surface area (Å²) in [4.78, 5) is 4.18. The van der Waals surface area contributed by atoms with Gasteiger partial charge in [-0.25, -0.2) is 4.98 Å². The van der Waals surface area contributed by atoms with Gasteiger partial charge in [-0.1, -0.05) is 6.92 Å². The smallest absolute Gasteiger partial charge is 0.123 e. The fourth-order valence-electron chi connectivity index (χ4n) is 1.61. The predicted octanol–water partition coefficient (Wildman–Crippen LogP) is 1.94. The normalized spacial score (nSPS) is 10.9. The summed E-state index contributed by atoms with van der Waals surface area (Å²) in [6, 6.07) is 2.09. The van der Waals surface area contributed by atoms with Crippen molar-refractivity contribution in [2.24, 2.45) is 0 Å². The van der Waals surface area contributed by atoms with Crippen molar-refractivity contribution in [1.29, 1.82) is 0 Å². The van der Waals surface area contributed by atoms with Crippen LogP contribution in [0.25, 0.3) is 0 Å². The standard InChI is InChI=1S/C12H17N3O/c1-3-13-7-11-6-12(16-9-11)8-15-5-4-14-10(15)2/h4-6,9,13H,3,7-8H2,1-2H3. The zero-order valence-corrected chi connectivity index (χ0v) is 9.73. The minimum atomic E-state index is 0.748. The van der Waals surface area contributed by atoms with E-state index in [1.54, 1.807) is 6.20 Å². The number of rotatable bonds is 5. The van der Waals surface area contributed by atoms with Gasteiger partial charge in [0.25, 0.3) is 0 Å². The molecule has 0 spiro atoms. The molecule has 0 aliphatic rings. The lowest BCUT2D eigenvalue weighted by Gasteiger charge is -2.00. The van der Waals surface area contributed by atoms with Crippen LogP contribution < -0.4 is 5.32 Å². The third kappa shape index (κ3) is 2.52. The molecule has 0 saturated heterocycles. The van der Waals surface area contributed by atoms with E-state index in [4.69, 9.17) is 4.42 Å². The van der Waals surface area contributed by atoms with Crippen LogP contribution in [0.5, 0.6) is 0 Å². The molecular weight excluding hydrogens is 202 g/mol. The first-order valence-corrected chi connectivity index (χ1v) is 5.54. The fraction of sp³-hybridized carbons (Fsp3) is 0.417. The van der Waals surface area contributed by atoms with Crippen molar-refractivity contribution in [3.8, 4) is 0 Å². The van der Waals surface area contributed by atoms with Gasteiger partial charge in [-0.2, -0.15) is 0 Å². The molecule has 0 amide bonds. The van der Waals surface area contributed by atoms with Crippen LogP contribution in [-0.2, 0) is 13.1 Å². The van der Waals surface area contributed by atoms with E-state index in [-0.39, 0.29) is 0 Å². The van der Waals surface area contributed by atoms with Crippen LogP contribution in [0.15, 0.2) is 29.1 Å². The van der Waals surface area contributed by atoms with Gasteiger partial charge in [0.05, 0.1) is 12.8 Å². The summed E-state index contributed by atoms with van der Waals surface area (Å²) in [5.74, 6) is 1.97. The topological polar surface area (TPSA) is 43.0 Å². The molecule has 0 saturated carbocycles. The summed E-state index contributed by atoms with van der Waals surface area (Å²) in [6.07, 6.45) is 5.57. The van der Waals surface area contributed by atoms with Crippen LogP contribution in [0.4, 0.5) is 0 Å². The van der Waals surface area contributed by atoms with Crippen molar-refractivity contribution in [2.45, 2.75) is 26.9 Å². The lowest BCUT2D eigenvalue weighted by atomic mass is 10.3. The highest BCUT2D eigenvalue weighted by molar-refractivity contribution is 5.13. The van der Waals surface area contributed by atoms with Crippen molar-refractivity contribution >= 4 is 0 Å². The number of imidazole rings is 1. The van der Waals surface area contributed by atoms with Crippen molar-refractivity contribution in [2.75, 3.05) is 6.54 Å². The third-order valence-corrected chi connectivity index (χ3v) is 2.54. The molecule has 0 bridgehead atoms. The first-order valence-electron chi connectivity index (χ1n) is 5.54. The van der Waals surface area contributed by atoms with E-state index in [0.29, 0.717) is 0 Å². The second-order valence-electron chi connectivity index (χ2n) is 3.80. The Hall–Kier alpha value is -1.55. The molecule has 0 unspecified atom stereocenters. The number of hydrogen-bond donors (Lipinski definition) is 1. The van der Waals surface area contributed by atoms with Crippen molar-refractivity contribution < 1.29 is 4.42 Å². The zero-order chi connectivity index (χ0) is 11.4. The van der Waals surface area contributed by atoms with Crippen LogP contribution in [0.2, 0.25) is 0 Å². The van der Waals surface area contributed by atoms with E-state index >= 15 is 0 Å². The summed E-state index contributed by atoms with van der Waals surface area (Å²) in [5, 5.41) is 3.27. The van der Waals surface area contributed by atoms with E-state index in [0.717, 1.165) is 31.2 Å². The highest BCUT2D eigenvalue weighted by Crippen LogP contribution is 2.10. The summed E-state index contributed by atoms with van der Waals surface area (Å²) < 4.78 is 7.57. The maximum absolute atomic E-state index is 5.50. The van der Waals surface area contributed by atoms with Crippen LogP contribution >= 0.6 is 0 Å². The minimum Gasteiger partial charge on any atom is -0.467 e. The molecule has 2 heterocycles. The predicted molar refractivity (Wildman–Crippen MR) is 62.2 cm³/mol. The van der Waals surface area contributed by atoms with Gasteiger partial charge in [-0.3, -0.25) is 0 Å². The first-order chi connectivity index (χ1) is 7.79. The van der Waals surface area contributed by atoms with Gasteiger partial charge in [0, 0.05) is 24.5 Å². The molecular formula is C12H17N3O. The van der Waals surface area contributed by atoms with Crippen LogP contribution in [-0.4, -0.2) is 16.1 Å². The van der Waals surface area contributed by atoms with E-state index in [9.17, 15) is 0 Å². The van der Waals surface area contributed by atoms with Gasteiger partial charge in [0.1, 0.15) is 11.6 Å². The summed E-state index contributed by atoms with van der Waals surface area (Å²) in [5.41, 5.74) is 1.19. The van der Waals surface area contributed by atoms with Crippen molar-refractivity contribution in [3.05, 3.63) is 41.9 Å². The molecule has 0 atom stereocenters. The van der Waals surface area contributed by atoms with E-state index in [1.807, 2.05) is 19.4 Å². The molecule has 4 nitrogen and oxygen atoms in total. The number of hydrogen-bond acceptors (Lipinski definition) is 3. The molecule has 0 aliphatic heterocycles. The van der Waals surface area contributed by atoms with E-state index in [2.05, 4.69) is 27.9 Å². The molecule has 0 fully saturated rings. The Kier molecular flexibility index (Phi) is 3.41. The molecule has 4 heteroatoms. The van der Waals surface area contributed by atoms with E-state index in [1.165, 1.54) is 5.56 Å². The first kappa shape index (κ1) is 11.0. The monoisotopic (exact) mass is 219 g/mol. The largest absolute Gasteiger partial charge is 0.467 e. The van der Waals surface area contributed by atoms with Gasteiger partial charge in [0.15, 0.2) is 0 Å². The van der Waals surface area contributed by atoms with Crippen LogP contribution in [0, 0.1) is 6.92 Å². The Morgan fingerprint density at radius 3 is 3.06 bits per heavy atom. The summed E-state index contributed by atoms with van der Waals surface area (Å²) in [7, 11) is 0. The summed E-state index contributed by atoms with van der Waals surface area (Å²) >= 11 is 0. The molecule has 86 valence electrons. The van der Waals surface area contributed by atoms with Crippen molar-refractivity contribution in [1.82, 2.24) is 14.9 Å². The third-order valence-electron chi connectivity index (χ3n) is 2.54. The summed E-state index contributed by atoms with van der Waals surface area (Å²) in [6.45, 7) is 6.67. The van der Waals surface area contributed by atoms with Gasteiger partial charge in [-0.05, 0) is 19.5 Å². The van der Waals surface area contributed by atoms with E-state index < -0.39 is 0 Å². The average Bonchev–Trinajstić information content (AvgIpc) is 2.87. The highest BCUT2D eigenvalue weighted by Gasteiger charge is 2.03. The molecule has 2 aromatic rings. The zero-order valence-electron chi connectivity index (χ0n) is 9.73. The Morgan fingerprint density at radius 1 is 1.50 bits per heavy atom. The quantitative estimate of drug-likeness (QED) is 0.835. The molecule has 0 aromatic carbocycles. The Morgan fingerprint density at radius 2 is 2.38 bits per heavy atom. The molecule has 2 rings (SSSR count). The lowest BCUT2D eigenvalue weighted by Crippen LogP contribution is -2.10. The van der Waals surface area contributed by atoms with Crippen LogP contribution in [0.3, 0.4) is 0 Å². The second-order valence-corrected chi connectivity index (χ2v) is 3.80. The fourth-order valence-corrected chi connectivity index (χ4v) is 1.61. The minimum absolute atomic E-state index is 0.748. The van der Waals surface area contributed by atoms with Gasteiger partial charge in [0.2, 0.25) is 0 Å². The number of aromatic nitrogens is 2. The van der Waals surface area contributed by atoms with Gasteiger partial charge < -0.3 is 14.3 Å². The number of furan rings is 1. The van der Waals surface area contributed by atoms with Crippen molar-refractivity contribution in [3.63, 3.8) is 0 Å². The lowest BCUT2D eigenvalue weighted by molar-refractivity contribution is 0.488.